The molecule has 2 N–H and O–H groups in total. The molecule has 1 unspecified atom stereocenters. The van der Waals surface area contributed by atoms with Gasteiger partial charge in [0.25, 0.3) is 0 Å². The number of carbonyl (C=O) groups excluding carboxylic acids is 2. The van der Waals surface area contributed by atoms with Crippen LogP contribution in [0.3, 0.4) is 0 Å². The fourth-order valence-corrected chi connectivity index (χ4v) is 4.21. The zero-order chi connectivity index (χ0) is 20.7. The first-order valence-electron chi connectivity index (χ1n) is 9.77. The van der Waals surface area contributed by atoms with Crippen LogP contribution < -0.4 is 5.32 Å². The molecule has 8 nitrogen and oxygen atoms in total. The quantitative estimate of drug-likeness (QED) is 0.646. The third-order valence-corrected chi connectivity index (χ3v) is 5.89. The average molecular weight is 411 g/mol. The van der Waals surface area contributed by atoms with Gasteiger partial charge < -0.3 is 15.3 Å². The minimum Gasteiger partial charge on any atom is -0.481 e. The maximum absolute atomic E-state index is 12.9. The van der Waals surface area contributed by atoms with Crippen molar-refractivity contribution in [3.63, 3.8) is 0 Å². The van der Waals surface area contributed by atoms with Crippen molar-refractivity contribution >= 4 is 34.3 Å². The number of hydrogen-bond acceptors (Lipinski definition) is 6. The van der Waals surface area contributed by atoms with Crippen LogP contribution in [-0.2, 0) is 14.4 Å². The van der Waals surface area contributed by atoms with Gasteiger partial charge in [0.15, 0.2) is 5.13 Å². The highest BCUT2D eigenvalue weighted by Crippen LogP contribution is 2.22. The molecule has 156 valence electrons. The average Bonchev–Trinajstić information content (AvgIpc) is 2.95. The largest absolute Gasteiger partial charge is 0.481 e. The number of anilines is 1. The number of carboxylic acids is 1. The lowest BCUT2D eigenvalue weighted by atomic mass is 9.96. The van der Waals surface area contributed by atoms with E-state index in [0.717, 1.165) is 36.4 Å². The first-order valence-corrected chi connectivity index (χ1v) is 10.6. The van der Waals surface area contributed by atoms with Crippen molar-refractivity contribution in [1.82, 2.24) is 14.8 Å². The van der Waals surface area contributed by atoms with E-state index in [4.69, 9.17) is 5.11 Å². The van der Waals surface area contributed by atoms with Crippen LogP contribution in [0.5, 0.6) is 0 Å². The van der Waals surface area contributed by atoms with Crippen molar-refractivity contribution in [2.75, 3.05) is 38.0 Å². The monoisotopic (exact) mass is 410 g/mol. The Morgan fingerprint density at radius 1 is 1.32 bits per heavy atom. The van der Waals surface area contributed by atoms with Crippen molar-refractivity contribution in [3.8, 4) is 0 Å². The number of nitrogens with zero attached hydrogens (tertiary/aromatic N) is 3. The number of piperidine rings is 1. The fourth-order valence-electron chi connectivity index (χ4n) is 3.38. The summed E-state index contributed by atoms with van der Waals surface area (Å²) in [5.41, 5.74) is 0.918. The highest BCUT2D eigenvalue weighted by atomic mass is 32.1. The fraction of sp³-hybridized carbons (Fsp3) is 0.684. The van der Waals surface area contributed by atoms with Crippen molar-refractivity contribution in [3.05, 3.63) is 10.6 Å². The van der Waals surface area contributed by atoms with Gasteiger partial charge >= 0.3 is 5.97 Å². The van der Waals surface area contributed by atoms with Gasteiger partial charge in [0.05, 0.1) is 24.6 Å². The summed E-state index contributed by atoms with van der Waals surface area (Å²) >= 11 is 1.46. The summed E-state index contributed by atoms with van der Waals surface area (Å²) in [5.74, 6) is -1.22. The van der Waals surface area contributed by atoms with Crippen LogP contribution >= 0.6 is 11.3 Å². The number of carbonyl (C=O) groups is 3. The topological polar surface area (TPSA) is 103 Å². The van der Waals surface area contributed by atoms with Crippen LogP contribution in [0.25, 0.3) is 0 Å². The lowest BCUT2D eigenvalue weighted by Gasteiger charge is -2.34. The lowest BCUT2D eigenvalue weighted by Crippen LogP contribution is -2.47. The number of likely N-dealkylation sites (tertiary alicyclic amines) is 1. The first-order chi connectivity index (χ1) is 13.3. The second-order valence-electron chi connectivity index (χ2n) is 7.25. The number of hydrogen-bond donors (Lipinski definition) is 2. The van der Waals surface area contributed by atoms with Gasteiger partial charge in [-0.2, -0.15) is 0 Å². The molecule has 1 aromatic heterocycles. The van der Waals surface area contributed by atoms with Crippen molar-refractivity contribution < 1.29 is 19.5 Å². The van der Waals surface area contributed by atoms with E-state index in [2.05, 4.69) is 10.3 Å². The van der Waals surface area contributed by atoms with Crippen LogP contribution in [0.15, 0.2) is 0 Å². The van der Waals surface area contributed by atoms with E-state index in [1.165, 1.54) is 11.3 Å². The number of aliphatic carboxylic acids is 1. The van der Waals surface area contributed by atoms with E-state index < -0.39 is 5.97 Å². The number of aryl methyl sites for hydroxylation is 2. The summed E-state index contributed by atoms with van der Waals surface area (Å²) in [4.78, 5) is 45.1. The molecule has 2 heterocycles. The second kappa shape index (κ2) is 10.5. The molecule has 2 rings (SSSR count). The van der Waals surface area contributed by atoms with E-state index >= 15 is 0 Å². The third-order valence-electron chi connectivity index (χ3n) is 4.90. The number of amides is 2. The Morgan fingerprint density at radius 3 is 2.68 bits per heavy atom. The third kappa shape index (κ3) is 6.56. The Morgan fingerprint density at radius 2 is 2.07 bits per heavy atom. The van der Waals surface area contributed by atoms with Gasteiger partial charge in [-0.1, -0.05) is 6.92 Å². The highest BCUT2D eigenvalue weighted by Gasteiger charge is 2.30. The predicted octanol–water partition coefficient (Wildman–Crippen LogP) is 2.12. The zero-order valence-electron chi connectivity index (χ0n) is 16.9. The van der Waals surface area contributed by atoms with Crippen LogP contribution in [0.2, 0.25) is 0 Å². The molecule has 1 atom stereocenters. The highest BCUT2D eigenvalue weighted by molar-refractivity contribution is 7.15. The molecule has 0 bridgehead atoms. The standard InChI is InChI=1S/C19H30N4O4S/c1-4-8-23(10-7-17(25)26)18(27)15-6-5-9-22(11-15)12-16(24)21-19-20-13(2)14(3)28-19/h15H,4-12H2,1-3H3,(H,25,26)(H,20,21,24). The maximum Gasteiger partial charge on any atom is 0.305 e. The van der Waals surface area contributed by atoms with E-state index in [9.17, 15) is 14.4 Å². The van der Waals surface area contributed by atoms with E-state index in [1.54, 1.807) is 4.90 Å². The summed E-state index contributed by atoms with van der Waals surface area (Å²) in [6.45, 7) is 8.18. The van der Waals surface area contributed by atoms with Crippen molar-refractivity contribution in [1.29, 1.82) is 0 Å². The second-order valence-corrected chi connectivity index (χ2v) is 8.46. The first kappa shape index (κ1) is 22.3. The molecule has 0 spiro atoms. The Bertz CT molecular complexity index is 687. The molecule has 0 saturated carbocycles. The summed E-state index contributed by atoms with van der Waals surface area (Å²) in [6.07, 6.45) is 2.36. The van der Waals surface area contributed by atoms with Crippen LogP contribution in [0, 0.1) is 19.8 Å². The molecule has 0 aromatic carbocycles. The van der Waals surface area contributed by atoms with Gasteiger partial charge in [0.2, 0.25) is 11.8 Å². The Kier molecular flexibility index (Phi) is 8.37. The van der Waals surface area contributed by atoms with Gasteiger partial charge in [-0.15, -0.1) is 11.3 Å². The van der Waals surface area contributed by atoms with Crippen molar-refractivity contribution in [2.45, 2.75) is 46.5 Å². The van der Waals surface area contributed by atoms with Gasteiger partial charge in [-0.05, 0) is 39.7 Å². The molecule has 0 radical (unpaired) electrons. The molecule has 28 heavy (non-hydrogen) atoms. The van der Waals surface area contributed by atoms with Gasteiger partial charge in [-0.25, -0.2) is 4.98 Å². The number of thiazole rings is 1. The zero-order valence-corrected chi connectivity index (χ0v) is 17.7. The maximum atomic E-state index is 12.9. The van der Waals surface area contributed by atoms with Crippen LogP contribution in [0.1, 0.15) is 43.2 Å². The molecule has 1 fully saturated rings. The number of nitrogens with one attached hydrogen (secondary N) is 1. The summed E-state index contributed by atoms with van der Waals surface area (Å²) in [7, 11) is 0. The van der Waals surface area contributed by atoms with E-state index in [0.29, 0.717) is 18.2 Å². The number of carboxylic acid groups (broad SMARTS) is 1. The smallest absolute Gasteiger partial charge is 0.305 e. The molecular weight excluding hydrogens is 380 g/mol. The minimum absolute atomic E-state index is 0.000573. The normalized spacial score (nSPS) is 17.3. The van der Waals surface area contributed by atoms with E-state index in [-0.39, 0.29) is 37.2 Å². The summed E-state index contributed by atoms with van der Waals surface area (Å²) in [5, 5.41) is 12.3. The van der Waals surface area contributed by atoms with Gasteiger partial charge in [-0.3, -0.25) is 19.3 Å². The van der Waals surface area contributed by atoms with Crippen molar-refractivity contribution in [2.24, 2.45) is 5.92 Å². The lowest BCUT2D eigenvalue weighted by molar-refractivity contribution is -0.141. The van der Waals surface area contributed by atoms with E-state index in [1.807, 2.05) is 25.7 Å². The Balaban J connectivity index is 1.89. The molecule has 1 aromatic rings. The molecule has 2 amide bonds. The number of rotatable bonds is 9. The van der Waals surface area contributed by atoms with Crippen LogP contribution in [0.4, 0.5) is 5.13 Å². The Hall–Kier alpha value is -2.00. The SMILES string of the molecule is CCCN(CCC(=O)O)C(=O)C1CCCN(CC(=O)Nc2nc(C)c(C)s2)C1. The predicted molar refractivity (Wildman–Crippen MR) is 109 cm³/mol. The van der Waals surface area contributed by atoms with Gasteiger partial charge in [0.1, 0.15) is 0 Å². The van der Waals surface area contributed by atoms with Crippen LogP contribution in [-0.4, -0.2) is 70.4 Å². The molecule has 1 aliphatic rings. The van der Waals surface area contributed by atoms with Gasteiger partial charge in [0, 0.05) is 24.5 Å². The molecule has 9 heteroatoms. The summed E-state index contributed by atoms with van der Waals surface area (Å²) < 4.78 is 0. The Labute approximate surface area is 169 Å². The molecular formula is C19H30N4O4S. The summed E-state index contributed by atoms with van der Waals surface area (Å²) in [6, 6.07) is 0. The molecule has 0 aliphatic carbocycles. The molecule has 1 saturated heterocycles. The number of aromatic nitrogens is 1. The minimum atomic E-state index is -0.900. The molecule has 1 aliphatic heterocycles.